The van der Waals surface area contributed by atoms with Crippen molar-refractivity contribution < 1.29 is 0 Å². The molecule has 0 aliphatic heterocycles. The van der Waals surface area contributed by atoms with E-state index in [2.05, 4.69) is 4.98 Å². The van der Waals surface area contributed by atoms with Crippen LogP contribution in [0.5, 0.6) is 0 Å². The zero-order valence-corrected chi connectivity index (χ0v) is 10.2. The molecule has 0 atom stereocenters. The molecule has 0 bridgehead atoms. The summed E-state index contributed by atoms with van der Waals surface area (Å²) >= 11 is 17.4. The normalized spacial score (nSPS) is 10.8. The van der Waals surface area contributed by atoms with E-state index in [4.69, 9.17) is 34.8 Å². The first kappa shape index (κ1) is 12.2. The first-order valence-electron chi connectivity index (χ1n) is 4.26. The molecule has 0 aliphatic rings. The topological polar surface area (TPSA) is 82.8 Å². The summed E-state index contributed by atoms with van der Waals surface area (Å²) in [7, 11) is 0. The molecule has 0 aliphatic carbocycles. The number of hydrogen-bond acceptors (Lipinski definition) is 3. The smallest absolute Gasteiger partial charge is 0.316 e. The van der Waals surface area contributed by atoms with E-state index in [1.54, 1.807) is 0 Å². The van der Waals surface area contributed by atoms with Gasteiger partial charge in [-0.3, -0.25) is 19.4 Å². The van der Waals surface area contributed by atoms with Crippen LogP contribution in [0.4, 0.5) is 0 Å². The second-order valence-corrected chi connectivity index (χ2v) is 4.31. The number of hydrogen-bond donors (Lipinski definition) is 2. The summed E-state index contributed by atoms with van der Waals surface area (Å²) in [6.07, 6.45) is 0. The zero-order valence-electron chi connectivity index (χ0n) is 7.94. The lowest BCUT2D eigenvalue weighted by atomic mass is 10.2. The van der Waals surface area contributed by atoms with Gasteiger partial charge in [0.1, 0.15) is 0 Å². The van der Waals surface area contributed by atoms with Crippen LogP contribution in [-0.2, 0) is 0 Å². The van der Waals surface area contributed by atoms with E-state index in [-0.39, 0.29) is 26.0 Å². The summed E-state index contributed by atoms with van der Waals surface area (Å²) in [6, 6.07) is 1.25. The first-order valence-corrected chi connectivity index (χ1v) is 5.39. The van der Waals surface area contributed by atoms with Gasteiger partial charge in [0.2, 0.25) is 0 Å². The number of halogens is 3. The fourth-order valence-corrected chi connectivity index (χ4v) is 2.01. The minimum absolute atomic E-state index is 0.0224. The molecular formula is C9H3Cl3N2O3. The molecule has 0 radical (unpaired) electrons. The SMILES string of the molecule is O=c1[nH]c(=O)c2c(Cl)c(Cl)c(Cl)cc2[nH]c1=O. The Balaban J connectivity index is 3.26. The lowest BCUT2D eigenvalue weighted by Crippen LogP contribution is -2.28. The van der Waals surface area contributed by atoms with Gasteiger partial charge in [0, 0.05) is 0 Å². The molecule has 2 rings (SSSR count). The molecule has 5 nitrogen and oxygen atoms in total. The van der Waals surface area contributed by atoms with Gasteiger partial charge in [0.15, 0.2) is 0 Å². The fourth-order valence-electron chi connectivity index (χ4n) is 1.32. The molecule has 0 saturated carbocycles. The third-order valence-electron chi connectivity index (χ3n) is 2.07. The molecule has 2 aromatic rings. The van der Waals surface area contributed by atoms with Crippen molar-refractivity contribution in [1.82, 2.24) is 9.97 Å². The van der Waals surface area contributed by atoms with Crippen LogP contribution < -0.4 is 16.7 Å². The summed E-state index contributed by atoms with van der Waals surface area (Å²) in [5.41, 5.74) is -2.83. The predicted octanol–water partition coefficient (Wildman–Crippen LogP) is 1.54. The molecule has 0 amide bonds. The number of nitrogens with one attached hydrogen (secondary N) is 2. The molecule has 1 heterocycles. The van der Waals surface area contributed by atoms with E-state index in [9.17, 15) is 14.4 Å². The summed E-state index contributed by atoms with van der Waals surface area (Å²) in [5.74, 6) is 0. The molecule has 2 N–H and O–H groups in total. The van der Waals surface area contributed by atoms with Gasteiger partial charge in [-0.05, 0) is 6.07 Å². The highest BCUT2D eigenvalue weighted by Gasteiger charge is 2.12. The first-order chi connectivity index (χ1) is 7.91. The van der Waals surface area contributed by atoms with Crippen LogP contribution in [0, 0.1) is 0 Å². The van der Waals surface area contributed by atoms with Crippen LogP contribution >= 0.6 is 34.8 Å². The molecular weight excluding hydrogens is 290 g/mol. The van der Waals surface area contributed by atoms with E-state index < -0.39 is 16.7 Å². The Labute approximate surface area is 108 Å². The molecule has 0 unspecified atom stereocenters. The Morgan fingerprint density at radius 3 is 2.06 bits per heavy atom. The molecule has 0 fully saturated rings. The van der Waals surface area contributed by atoms with Gasteiger partial charge in [-0.1, -0.05) is 34.8 Å². The zero-order chi connectivity index (χ0) is 12.7. The summed E-state index contributed by atoms with van der Waals surface area (Å²) < 4.78 is 0. The molecule has 17 heavy (non-hydrogen) atoms. The molecule has 1 aromatic carbocycles. The van der Waals surface area contributed by atoms with Gasteiger partial charge in [-0.25, -0.2) is 0 Å². The predicted molar refractivity (Wildman–Crippen MR) is 66.5 cm³/mol. The van der Waals surface area contributed by atoms with Gasteiger partial charge < -0.3 is 4.98 Å². The number of aromatic nitrogens is 2. The van der Waals surface area contributed by atoms with E-state index in [0.29, 0.717) is 0 Å². The third-order valence-corrected chi connectivity index (χ3v) is 3.33. The monoisotopic (exact) mass is 292 g/mol. The molecule has 0 saturated heterocycles. The number of H-pyrrole nitrogens is 2. The van der Waals surface area contributed by atoms with E-state index in [1.807, 2.05) is 4.98 Å². The van der Waals surface area contributed by atoms with Gasteiger partial charge >= 0.3 is 11.1 Å². The van der Waals surface area contributed by atoms with Crippen molar-refractivity contribution in [1.29, 1.82) is 0 Å². The Bertz CT molecular complexity index is 794. The summed E-state index contributed by atoms with van der Waals surface area (Å²) in [6.45, 7) is 0. The minimum Gasteiger partial charge on any atom is -0.317 e. The highest BCUT2D eigenvalue weighted by Crippen LogP contribution is 2.33. The molecule has 1 aromatic heterocycles. The van der Waals surface area contributed by atoms with Crippen LogP contribution in [0.1, 0.15) is 0 Å². The fraction of sp³-hybridized carbons (Fsp3) is 0. The Hall–Kier alpha value is -1.30. The number of benzene rings is 1. The van der Waals surface area contributed by atoms with Gasteiger partial charge in [-0.15, -0.1) is 0 Å². The van der Waals surface area contributed by atoms with Gasteiger partial charge in [0.05, 0.1) is 26.0 Å². The number of rotatable bonds is 0. The maximum absolute atomic E-state index is 11.6. The average molecular weight is 293 g/mol. The van der Waals surface area contributed by atoms with Crippen molar-refractivity contribution in [2.75, 3.05) is 0 Å². The van der Waals surface area contributed by atoms with Crippen LogP contribution in [-0.4, -0.2) is 9.97 Å². The quantitative estimate of drug-likeness (QED) is 0.571. The third kappa shape index (κ3) is 1.97. The second kappa shape index (κ2) is 4.18. The molecule has 88 valence electrons. The second-order valence-electron chi connectivity index (χ2n) is 3.15. The summed E-state index contributed by atoms with van der Waals surface area (Å²) in [4.78, 5) is 38.1. The van der Waals surface area contributed by atoms with Crippen molar-refractivity contribution in [2.24, 2.45) is 0 Å². The average Bonchev–Trinajstić information content (AvgIpc) is 2.34. The lowest BCUT2D eigenvalue weighted by molar-refractivity contribution is 1.15. The highest BCUT2D eigenvalue weighted by molar-refractivity contribution is 6.50. The Morgan fingerprint density at radius 1 is 0.824 bits per heavy atom. The van der Waals surface area contributed by atoms with Crippen molar-refractivity contribution in [3.05, 3.63) is 52.2 Å². The molecule has 8 heteroatoms. The van der Waals surface area contributed by atoms with Crippen LogP contribution in [0.3, 0.4) is 0 Å². The van der Waals surface area contributed by atoms with Crippen molar-refractivity contribution in [3.8, 4) is 0 Å². The van der Waals surface area contributed by atoms with E-state index in [0.717, 1.165) is 0 Å². The van der Waals surface area contributed by atoms with Crippen molar-refractivity contribution in [3.63, 3.8) is 0 Å². The summed E-state index contributed by atoms with van der Waals surface area (Å²) in [5, 5.41) is -0.175. The molecule has 0 spiro atoms. The van der Waals surface area contributed by atoms with Crippen LogP contribution in [0.15, 0.2) is 20.4 Å². The van der Waals surface area contributed by atoms with E-state index in [1.165, 1.54) is 6.07 Å². The maximum atomic E-state index is 11.6. The van der Waals surface area contributed by atoms with Crippen molar-refractivity contribution >= 4 is 45.7 Å². The maximum Gasteiger partial charge on any atom is 0.316 e. The largest absolute Gasteiger partial charge is 0.317 e. The van der Waals surface area contributed by atoms with E-state index >= 15 is 0 Å². The van der Waals surface area contributed by atoms with Gasteiger partial charge in [-0.2, -0.15) is 0 Å². The Kier molecular flexibility index (Phi) is 2.99. The number of aromatic amines is 2. The number of fused-ring (bicyclic) bond motifs is 1. The van der Waals surface area contributed by atoms with Crippen LogP contribution in [0.2, 0.25) is 15.1 Å². The highest BCUT2D eigenvalue weighted by atomic mass is 35.5. The van der Waals surface area contributed by atoms with Crippen molar-refractivity contribution in [2.45, 2.75) is 0 Å². The minimum atomic E-state index is -1.07. The lowest BCUT2D eigenvalue weighted by Gasteiger charge is -2.00. The standard InChI is InChI=1S/C9H3Cl3N2O3/c10-2-1-3-4(6(12)5(2)11)7(15)14-9(17)8(16)13-3/h1H,(H2,13,14,15,16,17). The van der Waals surface area contributed by atoms with Gasteiger partial charge in [0.25, 0.3) is 5.56 Å². The Morgan fingerprint density at radius 2 is 1.41 bits per heavy atom. The van der Waals surface area contributed by atoms with Crippen LogP contribution in [0.25, 0.3) is 10.9 Å².